The molecule has 0 aromatic heterocycles. The molecule has 0 saturated heterocycles. The van der Waals surface area contributed by atoms with Gasteiger partial charge in [0, 0.05) is 6.42 Å². The van der Waals surface area contributed by atoms with Crippen LogP contribution in [-0.2, 0) is 20.7 Å². The minimum atomic E-state index is -4.94. The first-order chi connectivity index (χ1) is 17.7. The maximum Gasteiger partial charge on any atom is 0.573 e. The Hall–Kier alpha value is -3.47. The van der Waals surface area contributed by atoms with Gasteiger partial charge in [0.05, 0.1) is 24.3 Å². The lowest BCUT2D eigenvalue weighted by Crippen LogP contribution is -2.45. The van der Waals surface area contributed by atoms with Crippen LogP contribution in [0.25, 0.3) is 21.9 Å². The van der Waals surface area contributed by atoms with Crippen LogP contribution in [0, 0.1) is 0 Å². The summed E-state index contributed by atoms with van der Waals surface area (Å²) in [5, 5.41) is 3.76. The van der Waals surface area contributed by atoms with Crippen molar-refractivity contribution in [3.05, 3.63) is 58.6 Å². The molecule has 3 aromatic carbocycles. The van der Waals surface area contributed by atoms with Crippen LogP contribution in [0.5, 0.6) is 11.5 Å². The van der Waals surface area contributed by atoms with Gasteiger partial charge in [-0.25, -0.2) is 9.59 Å². The highest BCUT2D eigenvalue weighted by atomic mass is 79.9. The fourth-order valence-corrected chi connectivity index (χ4v) is 4.37. The van der Waals surface area contributed by atoms with E-state index in [1.165, 1.54) is 26.4 Å². The van der Waals surface area contributed by atoms with Gasteiger partial charge >= 0.3 is 18.4 Å². The zero-order valence-corrected chi connectivity index (χ0v) is 23.0. The number of amides is 1. The van der Waals surface area contributed by atoms with Gasteiger partial charge in [-0.15, -0.1) is 13.2 Å². The van der Waals surface area contributed by atoms with E-state index < -0.39 is 35.8 Å². The zero-order valence-electron chi connectivity index (χ0n) is 21.4. The molecule has 11 heteroatoms. The van der Waals surface area contributed by atoms with Gasteiger partial charge in [0.2, 0.25) is 0 Å². The molecule has 1 N–H and O–H groups in total. The van der Waals surface area contributed by atoms with Crippen LogP contribution in [-0.4, -0.2) is 44.3 Å². The number of carbonyl (C=O) groups is 2. The fraction of sp³-hybridized carbons (Fsp3) is 0.333. The van der Waals surface area contributed by atoms with E-state index in [1.807, 2.05) is 0 Å². The number of halogens is 4. The molecule has 0 heterocycles. The maximum absolute atomic E-state index is 13.3. The van der Waals surface area contributed by atoms with Crippen molar-refractivity contribution >= 4 is 38.8 Å². The Morgan fingerprint density at radius 3 is 2.24 bits per heavy atom. The lowest BCUT2D eigenvalue weighted by atomic mass is 9.92. The van der Waals surface area contributed by atoms with Gasteiger partial charge in [-0.1, -0.05) is 36.4 Å². The molecule has 0 saturated carbocycles. The van der Waals surface area contributed by atoms with Crippen molar-refractivity contribution in [2.45, 2.75) is 45.2 Å². The van der Waals surface area contributed by atoms with E-state index in [4.69, 9.17) is 14.2 Å². The lowest BCUT2D eigenvalue weighted by Gasteiger charge is -2.23. The molecule has 3 rings (SSSR count). The number of benzene rings is 3. The SMILES string of the molecule is COC(=O)[C@H](Cc1cccc2c(-c3c(OC)ccc(Br)c3OC(F)(F)F)cccc12)NC(=O)OC(C)(C)C. The van der Waals surface area contributed by atoms with Crippen molar-refractivity contribution in [3.8, 4) is 22.6 Å². The summed E-state index contributed by atoms with van der Waals surface area (Å²) in [7, 11) is 2.55. The Morgan fingerprint density at radius 1 is 0.974 bits per heavy atom. The predicted octanol–water partition coefficient (Wildman–Crippen LogP) is 6.79. The quantitative estimate of drug-likeness (QED) is 0.302. The number of alkyl carbamates (subject to hydrolysis) is 1. The van der Waals surface area contributed by atoms with Crippen LogP contribution in [0.15, 0.2) is 53.0 Å². The van der Waals surface area contributed by atoms with Crippen LogP contribution >= 0.6 is 15.9 Å². The number of fused-ring (bicyclic) bond motifs is 1. The molecule has 0 aliphatic rings. The number of nitrogens with one attached hydrogen (secondary N) is 1. The summed E-state index contributed by atoms with van der Waals surface area (Å²) < 4.78 is 60.0. The van der Waals surface area contributed by atoms with E-state index in [9.17, 15) is 22.8 Å². The lowest BCUT2D eigenvalue weighted by molar-refractivity contribution is -0.274. The molecule has 0 fully saturated rings. The predicted molar refractivity (Wildman–Crippen MR) is 139 cm³/mol. The average molecular weight is 598 g/mol. The molecule has 3 aromatic rings. The summed E-state index contributed by atoms with van der Waals surface area (Å²) in [5.41, 5.74) is 0.371. The summed E-state index contributed by atoms with van der Waals surface area (Å²) in [6.45, 7) is 5.08. The third-order valence-corrected chi connectivity index (χ3v) is 6.02. The number of carbonyl (C=O) groups excluding carboxylic acids is 2. The molecular weight excluding hydrogens is 571 g/mol. The first-order valence-corrected chi connectivity index (χ1v) is 12.2. The Labute approximate surface area is 226 Å². The van der Waals surface area contributed by atoms with Gasteiger partial charge in [0.1, 0.15) is 17.4 Å². The molecule has 0 spiro atoms. The molecule has 7 nitrogen and oxygen atoms in total. The summed E-state index contributed by atoms with van der Waals surface area (Å²) in [4.78, 5) is 24.9. The van der Waals surface area contributed by atoms with Crippen LogP contribution in [0.3, 0.4) is 0 Å². The number of rotatable bonds is 7. The summed E-state index contributed by atoms with van der Waals surface area (Å²) >= 11 is 3.16. The second-order valence-electron chi connectivity index (χ2n) is 9.25. The molecular formula is C27H27BrF3NO6. The molecule has 38 heavy (non-hydrogen) atoms. The Kier molecular flexibility index (Phi) is 8.81. The molecule has 1 atom stereocenters. The van der Waals surface area contributed by atoms with Gasteiger partial charge < -0.3 is 24.3 Å². The number of methoxy groups -OCH3 is 2. The largest absolute Gasteiger partial charge is 0.573 e. The zero-order chi connectivity index (χ0) is 28.3. The van der Waals surface area contributed by atoms with Crippen LogP contribution in [0.1, 0.15) is 26.3 Å². The van der Waals surface area contributed by atoms with Gasteiger partial charge in [-0.3, -0.25) is 0 Å². The highest BCUT2D eigenvalue weighted by Gasteiger charge is 2.34. The second-order valence-corrected chi connectivity index (χ2v) is 10.1. The summed E-state index contributed by atoms with van der Waals surface area (Å²) in [6, 6.07) is 12.2. The standard InChI is InChI=1S/C27H27BrF3NO6/c1-26(2,3)38-25(34)32-20(24(33)36-5)14-15-8-6-10-17-16(15)9-7-11-18(17)22-21(35-4)13-12-19(28)23(22)37-27(29,30)31/h6-13,20H,14H2,1-5H3,(H,32,34)/t20-/m0/s1. The number of ether oxygens (including phenoxy) is 4. The van der Waals surface area contributed by atoms with Crippen molar-refractivity contribution in [1.29, 1.82) is 0 Å². The molecule has 0 aliphatic carbocycles. The highest BCUT2D eigenvalue weighted by molar-refractivity contribution is 9.10. The van der Waals surface area contributed by atoms with Crippen LogP contribution < -0.4 is 14.8 Å². The third kappa shape index (κ3) is 7.09. The van der Waals surface area contributed by atoms with Gasteiger partial charge in [-0.05, 0) is 70.7 Å². The highest BCUT2D eigenvalue weighted by Crippen LogP contribution is 2.47. The first kappa shape index (κ1) is 29.1. The van der Waals surface area contributed by atoms with Gasteiger partial charge in [0.25, 0.3) is 0 Å². The van der Waals surface area contributed by atoms with E-state index in [0.717, 1.165) is 0 Å². The van der Waals surface area contributed by atoms with Crippen molar-refractivity contribution < 1.29 is 41.7 Å². The van der Waals surface area contributed by atoms with Crippen molar-refractivity contribution in [2.75, 3.05) is 14.2 Å². The van der Waals surface area contributed by atoms with Crippen molar-refractivity contribution in [3.63, 3.8) is 0 Å². The van der Waals surface area contributed by atoms with E-state index >= 15 is 0 Å². The number of alkyl halides is 3. The summed E-state index contributed by atoms with van der Waals surface area (Å²) in [6.07, 6.45) is -5.70. The Bertz CT molecular complexity index is 1340. The first-order valence-electron chi connectivity index (χ1n) is 11.4. The number of esters is 1. The van der Waals surface area contributed by atoms with E-state index in [1.54, 1.807) is 57.2 Å². The van der Waals surface area contributed by atoms with Gasteiger partial charge in [0.15, 0.2) is 5.75 Å². The molecule has 0 aliphatic heterocycles. The van der Waals surface area contributed by atoms with Crippen molar-refractivity contribution in [2.24, 2.45) is 0 Å². The Balaban J connectivity index is 2.13. The minimum Gasteiger partial charge on any atom is -0.496 e. The van der Waals surface area contributed by atoms with Gasteiger partial charge in [-0.2, -0.15) is 0 Å². The molecule has 0 radical (unpaired) electrons. The van der Waals surface area contributed by atoms with E-state index in [2.05, 4.69) is 26.0 Å². The second kappa shape index (κ2) is 11.5. The molecule has 0 bridgehead atoms. The van der Waals surface area contributed by atoms with E-state index in [0.29, 0.717) is 21.9 Å². The average Bonchev–Trinajstić information content (AvgIpc) is 2.82. The summed E-state index contributed by atoms with van der Waals surface area (Å²) in [5.74, 6) is -0.961. The fourth-order valence-electron chi connectivity index (χ4n) is 3.96. The monoisotopic (exact) mass is 597 g/mol. The maximum atomic E-state index is 13.3. The normalized spacial score (nSPS) is 12.6. The van der Waals surface area contributed by atoms with Crippen LogP contribution in [0.2, 0.25) is 0 Å². The third-order valence-electron chi connectivity index (χ3n) is 5.39. The van der Waals surface area contributed by atoms with Crippen LogP contribution in [0.4, 0.5) is 18.0 Å². The minimum absolute atomic E-state index is 0.0359. The topological polar surface area (TPSA) is 83.1 Å². The number of hydrogen-bond donors (Lipinski definition) is 1. The van der Waals surface area contributed by atoms with Crippen molar-refractivity contribution in [1.82, 2.24) is 5.32 Å². The van der Waals surface area contributed by atoms with E-state index in [-0.39, 0.29) is 22.2 Å². The molecule has 204 valence electrons. The smallest absolute Gasteiger partial charge is 0.496 e. The Morgan fingerprint density at radius 2 is 1.63 bits per heavy atom. The molecule has 1 amide bonds. The molecule has 0 unspecified atom stereocenters. The number of hydrogen-bond acceptors (Lipinski definition) is 6.